The fourth-order valence-corrected chi connectivity index (χ4v) is 4.75. The molecule has 4 aromatic rings. The van der Waals surface area contributed by atoms with E-state index in [2.05, 4.69) is 15.2 Å². The number of hydrogen-bond donors (Lipinski definition) is 1. The van der Waals surface area contributed by atoms with Crippen molar-refractivity contribution in [2.75, 3.05) is 13.1 Å². The summed E-state index contributed by atoms with van der Waals surface area (Å²) in [7, 11) is 0. The number of benzene rings is 1. The monoisotopic (exact) mass is 472 g/mol. The van der Waals surface area contributed by atoms with Crippen LogP contribution in [0.25, 0.3) is 28.1 Å². The van der Waals surface area contributed by atoms with Crippen LogP contribution < -0.4 is 5.73 Å². The van der Waals surface area contributed by atoms with Gasteiger partial charge in [-0.1, -0.05) is 19.1 Å². The lowest BCUT2D eigenvalue weighted by atomic mass is 10.0. The van der Waals surface area contributed by atoms with Crippen molar-refractivity contribution >= 4 is 16.6 Å². The van der Waals surface area contributed by atoms with Crippen molar-refractivity contribution in [3.8, 4) is 11.5 Å². The van der Waals surface area contributed by atoms with E-state index in [1.54, 1.807) is 19.1 Å². The van der Waals surface area contributed by atoms with Crippen LogP contribution in [0.4, 0.5) is 17.6 Å². The number of halogens is 4. The maximum absolute atomic E-state index is 14.2. The predicted molar refractivity (Wildman–Crippen MR) is 121 cm³/mol. The molecule has 1 aliphatic rings. The minimum Gasteiger partial charge on any atom is -0.324 e. The topological polar surface area (TPSA) is 72.3 Å². The van der Waals surface area contributed by atoms with Gasteiger partial charge in [0.25, 0.3) is 0 Å². The summed E-state index contributed by atoms with van der Waals surface area (Å²) in [6, 6.07) is 7.41. The highest BCUT2D eigenvalue weighted by Gasteiger charge is 2.48. The smallest absolute Gasteiger partial charge is 0.324 e. The molecule has 0 bridgehead atoms. The quantitative estimate of drug-likeness (QED) is 0.437. The van der Waals surface area contributed by atoms with E-state index in [0.29, 0.717) is 40.9 Å². The van der Waals surface area contributed by atoms with Crippen LogP contribution in [-0.2, 0) is 6.42 Å². The second kappa shape index (κ2) is 7.99. The van der Waals surface area contributed by atoms with Crippen LogP contribution >= 0.6 is 0 Å². The average molecular weight is 472 g/mol. The molecular weight excluding hydrogens is 448 g/mol. The van der Waals surface area contributed by atoms with Gasteiger partial charge >= 0.3 is 6.18 Å². The number of hydrogen-bond acceptors (Lipinski definition) is 5. The summed E-state index contributed by atoms with van der Waals surface area (Å²) in [5, 5.41) is 8.95. The first-order valence-corrected chi connectivity index (χ1v) is 11.1. The van der Waals surface area contributed by atoms with E-state index >= 15 is 0 Å². The highest BCUT2D eigenvalue weighted by Crippen LogP contribution is 2.41. The number of aryl methyl sites for hydroxylation is 1. The van der Waals surface area contributed by atoms with E-state index in [-0.39, 0.29) is 24.5 Å². The van der Waals surface area contributed by atoms with E-state index < -0.39 is 17.8 Å². The molecule has 0 radical (unpaired) electrons. The van der Waals surface area contributed by atoms with Crippen molar-refractivity contribution in [3.05, 3.63) is 59.5 Å². The van der Waals surface area contributed by atoms with Gasteiger partial charge in [-0.25, -0.2) is 9.37 Å². The second-order valence-electron chi connectivity index (χ2n) is 9.22. The molecule has 4 heterocycles. The van der Waals surface area contributed by atoms with Gasteiger partial charge < -0.3 is 5.73 Å². The molecule has 34 heavy (non-hydrogen) atoms. The molecule has 0 amide bonds. The Morgan fingerprint density at radius 1 is 1.15 bits per heavy atom. The fraction of sp³-hybridized carbons (Fsp3) is 0.375. The third-order valence-corrected chi connectivity index (χ3v) is 6.40. The normalized spacial score (nSPS) is 20.4. The van der Waals surface area contributed by atoms with Crippen molar-refractivity contribution in [2.45, 2.75) is 44.4 Å². The molecule has 3 aromatic heterocycles. The Balaban J connectivity index is 1.62. The number of likely N-dealkylation sites (tertiary alicyclic amines) is 1. The minimum absolute atomic E-state index is 0.0795. The molecule has 0 spiro atoms. The fourth-order valence-electron chi connectivity index (χ4n) is 4.75. The van der Waals surface area contributed by atoms with Crippen LogP contribution in [0.2, 0.25) is 0 Å². The van der Waals surface area contributed by atoms with Gasteiger partial charge in [-0.3, -0.25) is 9.30 Å². The van der Waals surface area contributed by atoms with Gasteiger partial charge in [0.1, 0.15) is 17.6 Å². The van der Waals surface area contributed by atoms with E-state index in [4.69, 9.17) is 5.73 Å². The number of rotatable bonds is 4. The standard InChI is InChI=1S/C24H24F4N6/c1-3-14-10-17(25)11-15-4-6-18(30-20(14)15)22-32-31-19-7-5-16(12-34(19)22)21(24(26,27)28)33-9-8-23(2,29)13-33/h4-7,10-12,21H,3,8-9,13,29H2,1-2H3/t21-,23-/m1/s1. The number of alkyl halides is 3. The van der Waals surface area contributed by atoms with Crippen molar-refractivity contribution in [2.24, 2.45) is 5.73 Å². The van der Waals surface area contributed by atoms with Gasteiger partial charge in [-0.2, -0.15) is 13.2 Å². The largest absolute Gasteiger partial charge is 0.408 e. The molecular formula is C24H24F4N6. The van der Waals surface area contributed by atoms with Crippen molar-refractivity contribution < 1.29 is 17.6 Å². The van der Waals surface area contributed by atoms with Crippen LogP contribution in [0.5, 0.6) is 0 Å². The molecule has 1 fully saturated rings. The molecule has 0 aliphatic carbocycles. The zero-order chi connectivity index (χ0) is 24.3. The summed E-state index contributed by atoms with van der Waals surface area (Å²) in [5.41, 5.74) is 7.74. The van der Waals surface area contributed by atoms with Crippen LogP contribution in [-0.4, -0.2) is 49.3 Å². The number of pyridine rings is 2. The Kier molecular flexibility index (Phi) is 5.33. The maximum Gasteiger partial charge on any atom is 0.408 e. The molecule has 5 rings (SSSR count). The molecule has 178 valence electrons. The molecule has 10 heteroatoms. The Morgan fingerprint density at radius 3 is 2.62 bits per heavy atom. The van der Waals surface area contributed by atoms with Gasteiger partial charge in [0.2, 0.25) is 0 Å². The third kappa shape index (κ3) is 4.01. The molecule has 2 atom stereocenters. The molecule has 6 nitrogen and oxygen atoms in total. The Bertz CT molecular complexity index is 1380. The van der Waals surface area contributed by atoms with Crippen molar-refractivity contribution in [3.63, 3.8) is 0 Å². The Labute approximate surface area is 193 Å². The lowest BCUT2D eigenvalue weighted by molar-refractivity contribution is -0.184. The first-order chi connectivity index (χ1) is 16.1. The summed E-state index contributed by atoms with van der Waals surface area (Å²) >= 11 is 0. The number of nitrogens with zero attached hydrogens (tertiary/aromatic N) is 5. The molecule has 0 unspecified atom stereocenters. The first-order valence-electron chi connectivity index (χ1n) is 11.1. The van der Waals surface area contributed by atoms with Gasteiger partial charge in [0.15, 0.2) is 11.5 Å². The second-order valence-corrected chi connectivity index (χ2v) is 9.22. The molecule has 1 saturated heterocycles. The van der Waals surface area contributed by atoms with Crippen molar-refractivity contribution in [1.29, 1.82) is 0 Å². The Hall–Kier alpha value is -3.11. The van der Waals surface area contributed by atoms with E-state index in [0.717, 1.165) is 5.56 Å². The number of fused-ring (bicyclic) bond motifs is 2. The molecule has 1 aliphatic heterocycles. The SMILES string of the molecule is CCc1cc(F)cc2ccc(-c3nnc4ccc([C@@H](N5CC[C@@](C)(N)C5)C(F)(F)F)cn34)nc12. The summed E-state index contributed by atoms with van der Waals surface area (Å²) < 4.78 is 58.0. The molecule has 2 N–H and O–H groups in total. The predicted octanol–water partition coefficient (Wildman–Crippen LogP) is 4.67. The van der Waals surface area contributed by atoms with Crippen LogP contribution in [0.3, 0.4) is 0 Å². The van der Waals surface area contributed by atoms with Gasteiger partial charge in [-0.05, 0) is 55.2 Å². The summed E-state index contributed by atoms with van der Waals surface area (Å²) in [6.45, 7) is 4.08. The third-order valence-electron chi connectivity index (χ3n) is 6.40. The van der Waals surface area contributed by atoms with Crippen molar-refractivity contribution in [1.82, 2.24) is 24.5 Å². The first kappa shape index (κ1) is 22.7. The van der Waals surface area contributed by atoms with Gasteiger partial charge in [0.05, 0.1) is 5.52 Å². The van der Waals surface area contributed by atoms with Crippen LogP contribution in [0.15, 0.2) is 42.6 Å². The van der Waals surface area contributed by atoms with E-state index in [1.165, 1.54) is 39.8 Å². The highest BCUT2D eigenvalue weighted by molar-refractivity contribution is 5.84. The number of nitrogens with two attached hydrogens (primary N) is 1. The number of aromatic nitrogens is 4. The Morgan fingerprint density at radius 2 is 1.94 bits per heavy atom. The minimum atomic E-state index is -4.48. The maximum atomic E-state index is 14.2. The van der Waals surface area contributed by atoms with Gasteiger partial charge in [-0.15, -0.1) is 10.2 Å². The lowest BCUT2D eigenvalue weighted by Gasteiger charge is -2.31. The van der Waals surface area contributed by atoms with Crippen LogP contribution in [0, 0.1) is 5.82 Å². The zero-order valence-corrected chi connectivity index (χ0v) is 18.8. The van der Waals surface area contributed by atoms with E-state index in [9.17, 15) is 17.6 Å². The lowest BCUT2D eigenvalue weighted by Crippen LogP contribution is -2.43. The zero-order valence-electron chi connectivity index (χ0n) is 18.8. The summed E-state index contributed by atoms with van der Waals surface area (Å²) in [6.07, 6.45) is -1.99. The molecule has 0 saturated carbocycles. The summed E-state index contributed by atoms with van der Waals surface area (Å²) in [5.74, 6) is -0.0266. The highest BCUT2D eigenvalue weighted by atomic mass is 19.4. The van der Waals surface area contributed by atoms with Gasteiger partial charge in [0, 0.05) is 30.2 Å². The van der Waals surface area contributed by atoms with E-state index in [1.807, 2.05) is 6.92 Å². The average Bonchev–Trinajstić information content (AvgIpc) is 3.34. The van der Waals surface area contributed by atoms with Crippen LogP contribution in [0.1, 0.15) is 37.4 Å². The molecule has 1 aromatic carbocycles. The summed E-state index contributed by atoms with van der Waals surface area (Å²) in [4.78, 5) is 6.04.